The number of nitrogens with zero attached hydrogens (tertiary/aromatic N) is 1. The lowest BCUT2D eigenvalue weighted by Gasteiger charge is -2.19. The summed E-state index contributed by atoms with van der Waals surface area (Å²) in [6.45, 7) is 0. The highest BCUT2D eigenvalue weighted by molar-refractivity contribution is 7.13. The van der Waals surface area contributed by atoms with Crippen LogP contribution in [-0.2, 0) is 20.7 Å². The van der Waals surface area contributed by atoms with Crippen molar-refractivity contribution >= 4 is 28.3 Å². The Bertz CT molecular complexity index is 528. The van der Waals surface area contributed by atoms with Crippen molar-refractivity contribution < 1.29 is 14.3 Å². The smallest absolute Gasteiger partial charge is 0.311 e. The Balaban J connectivity index is 1.58. The van der Waals surface area contributed by atoms with Crippen molar-refractivity contribution in [1.82, 2.24) is 4.98 Å². The molecule has 108 valence electrons. The van der Waals surface area contributed by atoms with Gasteiger partial charge in [-0.15, -0.1) is 11.3 Å². The molecule has 2 fully saturated rings. The van der Waals surface area contributed by atoms with Gasteiger partial charge in [-0.1, -0.05) is 6.42 Å². The molecular formula is C14H18N2O3S. The lowest BCUT2D eigenvalue weighted by Crippen LogP contribution is -2.27. The van der Waals surface area contributed by atoms with Gasteiger partial charge in [0.05, 0.1) is 19.2 Å². The number of ether oxygens (including phenoxy) is 1. The quantitative estimate of drug-likeness (QED) is 0.865. The standard InChI is InChI=1S/C14H18N2O3S/c1-19-12(17)6-10-7-20-14(15-10)16-13(18)11-5-8-2-3-9(11)4-8/h7-9,11H,2-6H2,1H3,(H,15,16,18). The van der Waals surface area contributed by atoms with Crippen LogP contribution in [0.2, 0.25) is 0 Å². The highest BCUT2D eigenvalue weighted by Gasteiger charge is 2.43. The summed E-state index contributed by atoms with van der Waals surface area (Å²) in [4.78, 5) is 27.7. The molecular weight excluding hydrogens is 276 g/mol. The number of amides is 1. The van der Waals surface area contributed by atoms with Crippen molar-refractivity contribution in [3.05, 3.63) is 11.1 Å². The average Bonchev–Trinajstić information content (AvgIpc) is 3.14. The molecule has 20 heavy (non-hydrogen) atoms. The lowest BCUT2D eigenvalue weighted by atomic mass is 9.88. The van der Waals surface area contributed by atoms with Crippen molar-refractivity contribution in [3.8, 4) is 0 Å². The summed E-state index contributed by atoms with van der Waals surface area (Å²) in [6.07, 6.45) is 4.86. The molecule has 2 aliphatic rings. The van der Waals surface area contributed by atoms with E-state index in [9.17, 15) is 9.59 Å². The van der Waals surface area contributed by atoms with Gasteiger partial charge < -0.3 is 10.1 Å². The Kier molecular flexibility index (Phi) is 3.74. The highest BCUT2D eigenvalue weighted by atomic mass is 32.1. The predicted octanol–water partition coefficient (Wildman–Crippen LogP) is 2.23. The molecule has 0 saturated heterocycles. The van der Waals surface area contributed by atoms with Gasteiger partial charge in [0, 0.05) is 11.3 Å². The summed E-state index contributed by atoms with van der Waals surface area (Å²) < 4.78 is 4.60. The summed E-state index contributed by atoms with van der Waals surface area (Å²) in [5.41, 5.74) is 0.644. The molecule has 1 N–H and O–H groups in total. The topological polar surface area (TPSA) is 68.3 Å². The molecule has 1 aromatic heterocycles. The minimum atomic E-state index is -0.318. The maximum atomic E-state index is 12.3. The van der Waals surface area contributed by atoms with Crippen molar-refractivity contribution in [2.24, 2.45) is 17.8 Å². The molecule has 1 amide bonds. The van der Waals surface area contributed by atoms with Crippen LogP contribution >= 0.6 is 11.3 Å². The number of carbonyl (C=O) groups is 2. The van der Waals surface area contributed by atoms with Gasteiger partial charge in [0.25, 0.3) is 0 Å². The zero-order valence-electron chi connectivity index (χ0n) is 11.4. The Morgan fingerprint density at radius 2 is 2.30 bits per heavy atom. The molecule has 0 aliphatic heterocycles. The van der Waals surface area contributed by atoms with Crippen LogP contribution in [0.5, 0.6) is 0 Å². The third-order valence-corrected chi connectivity index (χ3v) is 5.22. The highest BCUT2D eigenvalue weighted by Crippen LogP contribution is 2.48. The van der Waals surface area contributed by atoms with E-state index in [1.54, 1.807) is 5.38 Å². The zero-order chi connectivity index (χ0) is 14.1. The van der Waals surface area contributed by atoms with E-state index in [4.69, 9.17) is 0 Å². The monoisotopic (exact) mass is 294 g/mol. The second kappa shape index (κ2) is 5.52. The first-order chi connectivity index (χ1) is 9.65. The van der Waals surface area contributed by atoms with Gasteiger partial charge in [-0.25, -0.2) is 4.98 Å². The fourth-order valence-electron chi connectivity index (χ4n) is 3.43. The number of esters is 1. The Morgan fingerprint density at radius 1 is 1.45 bits per heavy atom. The van der Waals surface area contributed by atoms with Crippen LogP contribution in [0.1, 0.15) is 31.4 Å². The minimum absolute atomic E-state index is 0.0937. The number of methoxy groups -OCH3 is 1. The molecule has 0 spiro atoms. The Labute approximate surface area is 121 Å². The van der Waals surface area contributed by atoms with E-state index in [1.165, 1.54) is 37.7 Å². The summed E-state index contributed by atoms with van der Waals surface area (Å²) in [5, 5.41) is 5.26. The molecule has 1 aromatic rings. The van der Waals surface area contributed by atoms with E-state index in [1.807, 2.05) is 0 Å². The van der Waals surface area contributed by atoms with Gasteiger partial charge in [0.2, 0.25) is 5.91 Å². The fraction of sp³-hybridized carbons (Fsp3) is 0.643. The van der Waals surface area contributed by atoms with Crippen molar-refractivity contribution in [1.29, 1.82) is 0 Å². The molecule has 1 heterocycles. The first-order valence-electron chi connectivity index (χ1n) is 6.97. The number of hydrogen-bond donors (Lipinski definition) is 1. The van der Waals surface area contributed by atoms with Gasteiger partial charge in [0.1, 0.15) is 0 Å². The largest absolute Gasteiger partial charge is 0.469 e. The second-order valence-corrected chi connectivity index (χ2v) is 6.53. The molecule has 2 bridgehead atoms. The number of anilines is 1. The first-order valence-corrected chi connectivity index (χ1v) is 7.85. The number of fused-ring (bicyclic) bond motifs is 2. The van der Waals surface area contributed by atoms with E-state index in [0.717, 1.165) is 12.3 Å². The Morgan fingerprint density at radius 3 is 2.95 bits per heavy atom. The van der Waals surface area contributed by atoms with E-state index in [-0.39, 0.29) is 24.2 Å². The first kappa shape index (κ1) is 13.5. The number of hydrogen-bond acceptors (Lipinski definition) is 5. The lowest BCUT2D eigenvalue weighted by molar-refractivity contribution is -0.139. The number of rotatable bonds is 4. The molecule has 5 nitrogen and oxygen atoms in total. The predicted molar refractivity (Wildman–Crippen MR) is 75.4 cm³/mol. The SMILES string of the molecule is COC(=O)Cc1csc(NC(=O)C2CC3CCC2C3)n1. The van der Waals surface area contributed by atoms with Crippen molar-refractivity contribution in [3.63, 3.8) is 0 Å². The summed E-state index contributed by atoms with van der Waals surface area (Å²) in [6, 6.07) is 0. The van der Waals surface area contributed by atoms with Crippen LogP contribution < -0.4 is 5.32 Å². The van der Waals surface area contributed by atoms with Gasteiger partial charge in [0.15, 0.2) is 5.13 Å². The number of nitrogens with one attached hydrogen (secondary N) is 1. The summed E-state index contributed by atoms with van der Waals surface area (Å²) in [7, 11) is 1.35. The van der Waals surface area contributed by atoms with Gasteiger partial charge in [-0.05, 0) is 31.1 Å². The van der Waals surface area contributed by atoms with Crippen LogP contribution in [0.15, 0.2) is 5.38 Å². The summed E-state index contributed by atoms with van der Waals surface area (Å²) >= 11 is 1.36. The van der Waals surface area contributed by atoms with E-state index < -0.39 is 0 Å². The Hall–Kier alpha value is -1.43. The number of thiazole rings is 1. The van der Waals surface area contributed by atoms with Crippen LogP contribution in [0.3, 0.4) is 0 Å². The zero-order valence-corrected chi connectivity index (χ0v) is 12.2. The maximum absolute atomic E-state index is 12.3. The second-order valence-electron chi connectivity index (χ2n) is 5.67. The molecule has 0 aromatic carbocycles. The number of aromatic nitrogens is 1. The molecule has 3 rings (SSSR count). The minimum Gasteiger partial charge on any atom is -0.469 e. The van der Waals surface area contributed by atoms with Gasteiger partial charge >= 0.3 is 5.97 Å². The van der Waals surface area contributed by atoms with E-state index in [0.29, 0.717) is 16.7 Å². The summed E-state index contributed by atoms with van der Waals surface area (Å²) in [5.74, 6) is 1.25. The average molecular weight is 294 g/mol. The van der Waals surface area contributed by atoms with Crippen LogP contribution in [0.25, 0.3) is 0 Å². The van der Waals surface area contributed by atoms with Gasteiger partial charge in [-0.3, -0.25) is 9.59 Å². The molecule has 0 radical (unpaired) electrons. The maximum Gasteiger partial charge on any atom is 0.311 e. The third kappa shape index (κ3) is 2.70. The van der Waals surface area contributed by atoms with E-state index in [2.05, 4.69) is 15.0 Å². The van der Waals surface area contributed by atoms with Crippen LogP contribution in [-0.4, -0.2) is 24.0 Å². The van der Waals surface area contributed by atoms with Crippen molar-refractivity contribution in [2.45, 2.75) is 32.1 Å². The van der Waals surface area contributed by atoms with Crippen LogP contribution in [0, 0.1) is 17.8 Å². The molecule has 2 aliphatic carbocycles. The third-order valence-electron chi connectivity index (χ3n) is 4.41. The number of carbonyl (C=O) groups excluding carboxylic acids is 2. The van der Waals surface area contributed by atoms with E-state index >= 15 is 0 Å². The molecule has 3 unspecified atom stereocenters. The molecule has 2 saturated carbocycles. The molecule has 6 heteroatoms. The fourth-order valence-corrected chi connectivity index (χ4v) is 4.14. The van der Waals surface area contributed by atoms with Gasteiger partial charge in [-0.2, -0.15) is 0 Å². The normalized spacial score (nSPS) is 27.6. The molecule has 3 atom stereocenters. The van der Waals surface area contributed by atoms with Crippen LogP contribution in [0.4, 0.5) is 5.13 Å². The van der Waals surface area contributed by atoms with Crippen molar-refractivity contribution in [2.75, 3.05) is 12.4 Å².